The van der Waals surface area contributed by atoms with Crippen molar-refractivity contribution in [1.29, 1.82) is 0 Å². The topological polar surface area (TPSA) is 156 Å². The monoisotopic (exact) mass is 467 g/mol. The lowest BCUT2D eigenvalue weighted by atomic mass is 9.99. The number of carbonyl (C=O) groups excluding carboxylic acids is 2. The summed E-state index contributed by atoms with van der Waals surface area (Å²) in [4.78, 5) is 47.5. The summed E-state index contributed by atoms with van der Waals surface area (Å²) in [5.74, 6) is -1.85. The number of rotatable bonds is 7. The predicted molar refractivity (Wildman–Crippen MR) is 113 cm³/mol. The Morgan fingerprint density at radius 3 is 2.94 bits per heavy atom. The number of carbonyl (C=O) groups is 3. The van der Waals surface area contributed by atoms with Gasteiger partial charge in [-0.15, -0.1) is 23.1 Å². The van der Waals surface area contributed by atoms with Gasteiger partial charge in [-0.05, 0) is 24.8 Å². The van der Waals surface area contributed by atoms with Crippen LogP contribution in [0.25, 0.3) is 0 Å². The van der Waals surface area contributed by atoms with E-state index in [2.05, 4.69) is 15.5 Å². The van der Waals surface area contributed by atoms with Crippen molar-refractivity contribution in [2.24, 2.45) is 5.16 Å². The molecule has 3 aliphatic heterocycles. The zero-order chi connectivity index (χ0) is 22.1. The van der Waals surface area contributed by atoms with Crippen LogP contribution in [0.15, 0.2) is 21.8 Å². The molecule has 4 heterocycles. The molecule has 0 aromatic carbocycles. The second-order valence-electron chi connectivity index (χ2n) is 7.15. The van der Waals surface area contributed by atoms with Gasteiger partial charge in [0.15, 0.2) is 10.8 Å². The number of hydrogen-bond acceptors (Lipinski definition) is 10. The Kier molecular flexibility index (Phi) is 6.16. The number of nitrogen functional groups attached to an aromatic ring is 1. The molecule has 1 aromatic heterocycles. The standard InChI is InChI=1S/C18H21N5O6S2/c1-28-22-11(10-7-31-18(19)20-10)14(24)21-12-15(25)23-13(17(26)27)8(6-30-16(12)23)5-9-3-2-4-29-9/h7,9,12,16H,2-6H2,1H3,(H2,19,20)(H,21,24)(H,26,27)/t9?,12-,16-/m1/s1. The highest BCUT2D eigenvalue weighted by molar-refractivity contribution is 8.00. The molecule has 31 heavy (non-hydrogen) atoms. The van der Waals surface area contributed by atoms with Crippen LogP contribution in [0.2, 0.25) is 0 Å². The molecule has 4 rings (SSSR count). The molecular weight excluding hydrogens is 446 g/mol. The molecule has 2 saturated heterocycles. The first kappa shape index (κ1) is 21.6. The molecule has 0 spiro atoms. The van der Waals surface area contributed by atoms with Gasteiger partial charge in [-0.3, -0.25) is 14.5 Å². The zero-order valence-corrected chi connectivity index (χ0v) is 18.2. The fourth-order valence-corrected chi connectivity index (χ4v) is 5.73. The van der Waals surface area contributed by atoms with E-state index in [4.69, 9.17) is 15.3 Å². The number of nitrogens with two attached hydrogens (primary N) is 1. The van der Waals surface area contributed by atoms with E-state index in [1.807, 2.05) is 0 Å². The highest BCUT2D eigenvalue weighted by Crippen LogP contribution is 2.42. The quantitative estimate of drug-likeness (QED) is 0.293. The van der Waals surface area contributed by atoms with Crippen LogP contribution in [0, 0.1) is 0 Å². The smallest absolute Gasteiger partial charge is 0.352 e. The van der Waals surface area contributed by atoms with Crippen LogP contribution < -0.4 is 11.1 Å². The van der Waals surface area contributed by atoms with Crippen molar-refractivity contribution < 1.29 is 29.1 Å². The number of carboxylic acids is 1. The van der Waals surface area contributed by atoms with Crippen LogP contribution in [0.4, 0.5) is 5.13 Å². The van der Waals surface area contributed by atoms with Crippen LogP contribution in [0.5, 0.6) is 0 Å². The van der Waals surface area contributed by atoms with Gasteiger partial charge in [0.05, 0.1) is 6.10 Å². The highest BCUT2D eigenvalue weighted by atomic mass is 32.2. The van der Waals surface area contributed by atoms with E-state index in [-0.39, 0.29) is 28.3 Å². The maximum absolute atomic E-state index is 12.8. The fraction of sp³-hybridized carbons (Fsp3) is 0.500. The van der Waals surface area contributed by atoms with E-state index in [1.165, 1.54) is 23.8 Å². The number of nitrogens with zero attached hydrogens (tertiary/aromatic N) is 3. The number of fused-ring (bicyclic) bond motifs is 1. The summed E-state index contributed by atoms with van der Waals surface area (Å²) >= 11 is 2.55. The van der Waals surface area contributed by atoms with Crippen molar-refractivity contribution in [3.05, 3.63) is 22.3 Å². The highest BCUT2D eigenvalue weighted by Gasteiger charge is 2.54. The van der Waals surface area contributed by atoms with Crippen LogP contribution in [0.1, 0.15) is 25.0 Å². The van der Waals surface area contributed by atoms with Gasteiger partial charge in [-0.1, -0.05) is 5.16 Å². The van der Waals surface area contributed by atoms with E-state index >= 15 is 0 Å². The number of oxime groups is 1. The van der Waals surface area contributed by atoms with Crippen molar-refractivity contribution in [2.45, 2.75) is 36.8 Å². The molecule has 0 saturated carbocycles. The van der Waals surface area contributed by atoms with Crippen LogP contribution in [-0.4, -0.2) is 75.5 Å². The summed E-state index contributed by atoms with van der Waals surface area (Å²) in [6.07, 6.45) is 2.28. The number of thiazole rings is 1. The second kappa shape index (κ2) is 8.85. The number of carboxylic acid groups (broad SMARTS) is 1. The van der Waals surface area contributed by atoms with Crippen LogP contribution >= 0.6 is 23.1 Å². The average Bonchev–Trinajstić information content (AvgIpc) is 3.41. The molecule has 4 N–H and O–H groups in total. The molecule has 2 amide bonds. The van der Waals surface area contributed by atoms with Gasteiger partial charge in [-0.2, -0.15) is 0 Å². The molecule has 0 bridgehead atoms. The normalized spacial score (nSPS) is 25.8. The number of anilines is 1. The van der Waals surface area contributed by atoms with E-state index in [9.17, 15) is 19.5 Å². The summed E-state index contributed by atoms with van der Waals surface area (Å²) in [7, 11) is 1.29. The van der Waals surface area contributed by atoms with Gasteiger partial charge in [0.25, 0.3) is 11.8 Å². The fourth-order valence-electron chi connectivity index (χ4n) is 3.82. The van der Waals surface area contributed by atoms with Gasteiger partial charge >= 0.3 is 5.97 Å². The first-order valence-corrected chi connectivity index (χ1v) is 11.5. The van der Waals surface area contributed by atoms with Crippen LogP contribution in [0.3, 0.4) is 0 Å². The lowest BCUT2D eigenvalue weighted by molar-refractivity contribution is -0.150. The molecule has 0 aliphatic carbocycles. The lowest BCUT2D eigenvalue weighted by Gasteiger charge is -2.49. The van der Waals surface area contributed by atoms with Gasteiger partial charge in [0.1, 0.15) is 29.9 Å². The SMILES string of the molecule is CON=C(C(=O)N[C@@H]1C(=O)N2C(C(=O)O)=C(CC3CCCO3)CS[C@H]12)c1csc(N)n1. The number of hydrogen-bond donors (Lipinski definition) is 3. The van der Waals surface area contributed by atoms with Crippen molar-refractivity contribution in [3.8, 4) is 0 Å². The van der Waals surface area contributed by atoms with Gasteiger partial charge in [0.2, 0.25) is 0 Å². The number of amides is 2. The zero-order valence-electron chi connectivity index (χ0n) is 16.6. The van der Waals surface area contributed by atoms with Crippen molar-refractivity contribution in [3.63, 3.8) is 0 Å². The summed E-state index contributed by atoms with van der Waals surface area (Å²) < 4.78 is 5.62. The molecule has 3 atom stereocenters. The number of aromatic nitrogens is 1. The molecule has 3 aliphatic rings. The lowest BCUT2D eigenvalue weighted by Crippen LogP contribution is -2.71. The number of thioether (sulfide) groups is 1. The average molecular weight is 468 g/mol. The molecule has 13 heteroatoms. The third-order valence-corrected chi connectivity index (χ3v) is 7.21. The third-order valence-electron chi connectivity index (χ3n) is 5.20. The Balaban J connectivity index is 1.50. The minimum Gasteiger partial charge on any atom is -0.477 e. The molecule has 1 aromatic rings. The first-order chi connectivity index (χ1) is 14.9. The molecule has 1 unspecified atom stereocenters. The maximum atomic E-state index is 12.8. The predicted octanol–water partition coefficient (Wildman–Crippen LogP) is 0.384. The first-order valence-electron chi connectivity index (χ1n) is 9.55. The van der Waals surface area contributed by atoms with Crippen molar-refractivity contribution in [2.75, 3.05) is 25.2 Å². The minimum atomic E-state index is -1.16. The van der Waals surface area contributed by atoms with E-state index < -0.39 is 29.2 Å². The van der Waals surface area contributed by atoms with E-state index in [0.717, 1.165) is 24.2 Å². The Hall–Kier alpha value is -2.64. The minimum absolute atomic E-state index is 0.00666. The summed E-state index contributed by atoms with van der Waals surface area (Å²) in [5, 5.41) is 17.4. The van der Waals surface area contributed by atoms with E-state index in [1.54, 1.807) is 5.38 Å². The van der Waals surface area contributed by atoms with Crippen molar-refractivity contribution in [1.82, 2.24) is 15.2 Å². The summed E-state index contributed by atoms with van der Waals surface area (Å²) in [6.45, 7) is 0.670. The summed E-state index contributed by atoms with van der Waals surface area (Å²) in [6, 6.07) is -0.880. The molecule has 166 valence electrons. The van der Waals surface area contributed by atoms with Gasteiger partial charge in [-0.25, -0.2) is 9.78 Å². The number of nitrogens with one attached hydrogen (secondary N) is 1. The van der Waals surface area contributed by atoms with Gasteiger partial charge in [0, 0.05) is 17.7 Å². The Bertz CT molecular complexity index is 970. The Labute approximate surface area is 185 Å². The number of aliphatic carboxylic acids is 1. The Morgan fingerprint density at radius 1 is 1.52 bits per heavy atom. The number of β-lactam (4-membered cyclic amide) rings is 1. The molecule has 2 fully saturated rings. The van der Waals surface area contributed by atoms with Crippen molar-refractivity contribution >= 4 is 51.7 Å². The molecule has 11 nitrogen and oxygen atoms in total. The Morgan fingerprint density at radius 2 is 2.32 bits per heavy atom. The van der Waals surface area contributed by atoms with E-state index in [0.29, 0.717) is 24.4 Å². The third kappa shape index (κ3) is 4.12. The van der Waals surface area contributed by atoms with Gasteiger partial charge < -0.3 is 25.7 Å². The largest absolute Gasteiger partial charge is 0.477 e. The second-order valence-corrected chi connectivity index (χ2v) is 9.15. The molecular formula is C18H21N5O6S2. The number of ether oxygens (including phenoxy) is 1. The van der Waals surface area contributed by atoms with Crippen LogP contribution in [-0.2, 0) is 24.0 Å². The molecule has 0 radical (unpaired) electrons. The maximum Gasteiger partial charge on any atom is 0.352 e. The summed E-state index contributed by atoms with van der Waals surface area (Å²) in [5.41, 5.74) is 6.41.